The predicted molar refractivity (Wildman–Crippen MR) is 86.5 cm³/mol. The van der Waals surface area contributed by atoms with Crippen LogP contribution in [0.25, 0.3) is 0 Å². The highest BCUT2D eigenvalue weighted by atomic mass is 79.9. The van der Waals surface area contributed by atoms with Crippen molar-refractivity contribution in [1.82, 2.24) is 10.0 Å². The van der Waals surface area contributed by atoms with Gasteiger partial charge >= 0.3 is 0 Å². The fourth-order valence-corrected chi connectivity index (χ4v) is 4.80. The highest BCUT2D eigenvalue weighted by molar-refractivity contribution is 9.10. The van der Waals surface area contributed by atoms with Crippen molar-refractivity contribution in [3.05, 3.63) is 21.6 Å². The molecule has 0 aromatic heterocycles. The summed E-state index contributed by atoms with van der Waals surface area (Å²) in [4.78, 5) is 0.0499. The molecule has 0 amide bonds. The lowest BCUT2D eigenvalue weighted by Crippen LogP contribution is -2.27. The maximum atomic E-state index is 12.4. The van der Waals surface area contributed by atoms with Gasteiger partial charge in [-0.05, 0) is 59.9 Å². The molecule has 1 atom stereocenters. The van der Waals surface area contributed by atoms with E-state index in [0.717, 1.165) is 25.9 Å². The molecule has 1 aliphatic heterocycles. The quantitative estimate of drug-likeness (QED) is 0.773. The Morgan fingerprint density at radius 2 is 2.29 bits per heavy atom. The Kier molecular flexibility index (Phi) is 5.90. The molecule has 2 rings (SSSR count). The number of nitrogens with one attached hydrogen (secondary N) is 2. The van der Waals surface area contributed by atoms with Gasteiger partial charge in [0.2, 0.25) is 10.0 Å². The average molecular weight is 398 g/mol. The summed E-state index contributed by atoms with van der Waals surface area (Å²) in [5.74, 6) is 0.787. The zero-order valence-electron chi connectivity index (χ0n) is 11.7. The predicted octanol–water partition coefficient (Wildman–Crippen LogP) is 2.39. The molecule has 1 aliphatic rings. The van der Waals surface area contributed by atoms with E-state index in [1.165, 1.54) is 13.2 Å². The van der Waals surface area contributed by atoms with Gasteiger partial charge in [-0.15, -0.1) is 0 Å². The van der Waals surface area contributed by atoms with Crippen LogP contribution in [0, 0.1) is 5.92 Å². The van der Waals surface area contributed by atoms with Crippen LogP contribution >= 0.6 is 27.5 Å². The molecule has 1 saturated heterocycles. The summed E-state index contributed by atoms with van der Waals surface area (Å²) in [6.07, 6.45) is 1.91. The molecule has 0 radical (unpaired) electrons. The molecule has 1 aromatic carbocycles. The number of hydrogen-bond acceptors (Lipinski definition) is 4. The van der Waals surface area contributed by atoms with E-state index < -0.39 is 10.0 Å². The number of sulfonamides is 1. The third kappa shape index (κ3) is 4.32. The Morgan fingerprint density at radius 1 is 1.52 bits per heavy atom. The highest BCUT2D eigenvalue weighted by Gasteiger charge is 2.23. The second-order valence-electron chi connectivity index (χ2n) is 4.96. The van der Waals surface area contributed by atoms with E-state index in [2.05, 4.69) is 26.0 Å². The first kappa shape index (κ1) is 17.0. The van der Waals surface area contributed by atoms with E-state index in [9.17, 15) is 8.42 Å². The third-order valence-corrected chi connectivity index (χ3v) is 5.75. The van der Waals surface area contributed by atoms with Crippen LogP contribution in [0.5, 0.6) is 5.75 Å². The average Bonchev–Trinajstić information content (AvgIpc) is 2.91. The number of halogens is 2. The molecule has 0 aliphatic carbocycles. The molecule has 5 nitrogen and oxygen atoms in total. The molecule has 0 bridgehead atoms. The highest BCUT2D eigenvalue weighted by Crippen LogP contribution is 2.35. The summed E-state index contributed by atoms with van der Waals surface area (Å²) in [6.45, 7) is 2.36. The molecule has 2 N–H and O–H groups in total. The maximum absolute atomic E-state index is 12.4. The molecule has 21 heavy (non-hydrogen) atoms. The van der Waals surface area contributed by atoms with Gasteiger partial charge in [0, 0.05) is 11.6 Å². The summed E-state index contributed by atoms with van der Waals surface area (Å²) in [5, 5.41) is 3.60. The Labute approximate surface area is 138 Å². The lowest BCUT2D eigenvalue weighted by Gasteiger charge is -2.14. The van der Waals surface area contributed by atoms with E-state index >= 15 is 0 Å². The second-order valence-corrected chi connectivity index (χ2v) is 7.99. The standard InChI is InChI=1S/C13H18BrClN2O3S/c1-20-13-11(14)6-10(15)7-12(13)21(18,19)17-5-3-9-2-4-16-8-9/h6-7,9,16-17H,2-5,8H2,1H3/t9-/m0/s1. The Morgan fingerprint density at radius 3 is 2.90 bits per heavy atom. The van der Waals surface area contributed by atoms with Crippen LogP contribution in [-0.2, 0) is 10.0 Å². The van der Waals surface area contributed by atoms with Crippen LogP contribution in [0.1, 0.15) is 12.8 Å². The lowest BCUT2D eigenvalue weighted by molar-refractivity contribution is 0.399. The van der Waals surface area contributed by atoms with Crippen molar-refractivity contribution in [2.45, 2.75) is 17.7 Å². The monoisotopic (exact) mass is 396 g/mol. The van der Waals surface area contributed by atoms with Crippen molar-refractivity contribution in [2.75, 3.05) is 26.7 Å². The first-order valence-electron chi connectivity index (χ1n) is 6.67. The molecule has 0 saturated carbocycles. The zero-order valence-corrected chi connectivity index (χ0v) is 14.8. The Balaban J connectivity index is 2.11. The normalized spacial score (nSPS) is 18.9. The van der Waals surface area contributed by atoms with E-state index in [0.29, 0.717) is 22.0 Å². The van der Waals surface area contributed by atoms with Crippen LogP contribution < -0.4 is 14.8 Å². The van der Waals surface area contributed by atoms with Crippen LogP contribution in [0.4, 0.5) is 0 Å². The summed E-state index contributed by atoms with van der Waals surface area (Å²) in [6, 6.07) is 2.99. The zero-order chi connectivity index (χ0) is 15.5. The Hall–Kier alpha value is -0.340. The van der Waals surface area contributed by atoms with Crippen LogP contribution in [-0.4, -0.2) is 35.2 Å². The largest absolute Gasteiger partial charge is 0.494 e. The summed E-state index contributed by atoms with van der Waals surface area (Å²) >= 11 is 9.20. The summed E-state index contributed by atoms with van der Waals surface area (Å²) < 4.78 is 33.1. The molecule has 0 unspecified atom stereocenters. The first-order chi connectivity index (χ1) is 9.94. The Bertz CT molecular complexity index is 604. The van der Waals surface area contributed by atoms with Crippen molar-refractivity contribution in [3.8, 4) is 5.75 Å². The van der Waals surface area contributed by atoms with E-state index in [-0.39, 0.29) is 10.6 Å². The first-order valence-corrected chi connectivity index (χ1v) is 9.33. The van der Waals surface area contributed by atoms with Gasteiger partial charge in [-0.2, -0.15) is 0 Å². The number of benzene rings is 1. The molecule has 1 heterocycles. The molecule has 1 aromatic rings. The molecule has 118 valence electrons. The van der Waals surface area contributed by atoms with Crippen LogP contribution in [0.15, 0.2) is 21.5 Å². The maximum Gasteiger partial charge on any atom is 0.244 e. The van der Waals surface area contributed by atoms with Crippen molar-refractivity contribution >= 4 is 37.6 Å². The van der Waals surface area contributed by atoms with E-state index in [1.807, 2.05) is 0 Å². The smallest absolute Gasteiger partial charge is 0.244 e. The molecular weight excluding hydrogens is 380 g/mol. The van der Waals surface area contributed by atoms with Crippen molar-refractivity contribution in [3.63, 3.8) is 0 Å². The van der Waals surface area contributed by atoms with Gasteiger partial charge in [0.05, 0.1) is 11.6 Å². The molecule has 8 heteroatoms. The molecular formula is C13H18BrClN2O3S. The molecule has 1 fully saturated rings. The number of rotatable bonds is 6. The van der Waals surface area contributed by atoms with Gasteiger partial charge in [-0.25, -0.2) is 13.1 Å². The van der Waals surface area contributed by atoms with Crippen molar-refractivity contribution in [1.29, 1.82) is 0 Å². The van der Waals surface area contributed by atoms with E-state index in [1.54, 1.807) is 6.07 Å². The third-order valence-electron chi connectivity index (χ3n) is 3.47. The number of ether oxygens (including phenoxy) is 1. The number of hydrogen-bond donors (Lipinski definition) is 2. The fraction of sp³-hybridized carbons (Fsp3) is 0.538. The van der Waals surface area contributed by atoms with Crippen molar-refractivity contribution < 1.29 is 13.2 Å². The van der Waals surface area contributed by atoms with E-state index in [4.69, 9.17) is 16.3 Å². The molecule has 0 spiro atoms. The minimum atomic E-state index is -3.65. The van der Waals surface area contributed by atoms with Crippen LogP contribution in [0.2, 0.25) is 5.02 Å². The minimum Gasteiger partial charge on any atom is -0.494 e. The SMILES string of the molecule is COc1c(Br)cc(Cl)cc1S(=O)(=O)NCC[C@@H]1CCNC1. The second kappa shape index (κ2) is 7.28. The lowest BCUT2D eigenvalue weighted by atomic mass is 10.1. The van der Waals surface area contributed by atoms with Gasteiger partial charge in [-0.3, -0.25) is 0 Å². The minimum absolute atomic E-state index is 0.0499. The van der Waals surface area contributed by atoms with Crippen molar-refractivity contribution in [2.24, 2.45) is 5.92 Å². The van der Waals surface area contributed by atoms with Crippen LogP contribution in [0.3, 0.4) is 0 Å². The topological polar surface area (TPSA) is 67.4 Å². The number of methoxy groups -OCH3 is 1. The van der Waals surface area contributed by atoms with Gasteiger partial charge in [-0.1, -0.05) is 11.6 Å². The van der Waals surface area contributed by atoms with Gasteiger partial charge < -0.3 is 10.1 Å². The summed E-state index contributed by atoms with van der Waals surface area (Å²) in [7, 11) is -2.22. The van der Waals surface area contributed by atoms with Gasteiger partial charge in [0.1, 0.15) is 4.90 Å². The van der Waals surface area contributed by atoms with Gasteiger partial charge in [0.15, 0.2) is 5.75 Å². The van der Waals surface area contributed by atoms with Gasteiger partial charge in [0.25, 0.3) is 0 Å². The fourth-order valence-electron chi connectivity index (χ4n) is 2.37. The summed E-state index contributed by atoms with van der Waals surface area (Å²) in [5.41, 5.74) is 0.